The van der Waals surface area contributed by atoms with E-state index < -0.39 is 0 Å². The van der Waals surface area contributed by atoms with E-state index in [-0.39, 0.29) is 0 Å². The first-order valence-corrected chi connectivity index (χ1v) is 7.66. The van der Waals surface area contributed by atoms with Crippen molar-refractivity contribution in [3.05, 3.63) is 48.5 Å². The highest BCUT2D eigenvalue weighted by Gasteiger charge is 2.05. The summed E-state index contributed by atoms with van der Waals surface area (Å²) in [6, 6.07) is 15.4. The zero-order valence-electron chi connectivity index (χ0n) is 12.8. The van der Waals surface area contributed by atoms with Gasteiger partial charge in [-0.2, -0.15) is 0 Å². The van der Waals surface area contributed by atoms with E-state index in [1.165, 1.54) is 0 Å². The number of rotatable bonds is 6. The van der Waals surface area contributed by atoms with E-state index in [1.807, 2.05) is 62.4 Å². The third-order valence-corrected chi connectivity index (χ3v) is 3.06. The lowest BCUT2D eigenvalue weighted by Gasteiger charge is -2.14. The lowest BCUT2D eigenvalue weighted by molar-refractivity contribution is 0.340. The van der Waals surface area contributed by atoms with Gasteiger partial charge < -0.3 is 20.1 Å². The van der Waals surface area contributed by atoms with Gasteiger partial charge in [-0.25, -0.2) is 0 Å². The second kappa shape index (κ2) is 8.24. The van der Waals surface area contributed by atoms with Crippen molar-refractivity contribution in [1.29, 1.82) is 0 Å². The van der Waals surface area contributed by atoms with Gasteiger partial charge in [0.2, 0.25) is 0 Å². The molecule has 0 aliphatic rings. The zero-order valence-corrected chi connectivity index (χ0v) is 13.6. The van der Waals surface area contributed by atoms with Crippen LogP contribution >= 0.6 is 12.2 Å². The summed E-state index contributed by atoms with van der Waals surface area (Å²) < 4.78 is 11.0. The van der Waals surface area contributed by atoms with E-state index in [2.05, 4.69) is 10.6 Å². The molecule has 0 saturated heterocycles. The molecule has 0 aromatic heterocycles. The highest BCUT2D eigenvalue weighted by Crippen LogP contribution is 2.24. The highest BCUT2D eigenvalue weighted by atomic mass is 32.1. The second-order valence-corrected chi connectivity index (χ2v) is 4.87. The summed E-state index contributed by atoms with van der Waals surface area (Å²) in [5.41, 5.74) is 1.74. The minimum absolute atomic E-state index is 0.510. The van der Waals surface area contributed by atoms with Gasteiger partial charge >= 0.3 is 0 Å². The summed E-state index contributed by atoms with van der Waals surface area (Å²) in [6.45, 7) is 5.17. The smallest absolute Gasteiger partial charge is 0.175 e. The summed E-state index contributed by atoms with van der Waals surface area (Å²) in [5.74, 6) is 1.62. The normalized spacial score (nSPS) is 9.91. The molecule has 2 N–H and O–H groups in total. The summed E-state index contributed by atoms with van der Waals surface area (Å²) in [6.07, 6.45) is 0. The molecule has 4 nitrogen and oxygen atoms in total. The van der Waals surface area contributed by atoms with Gasteiger partial charge in [0, 0.05) is 5.69 Å². The maximum absolute atomic E-state index is 5.56. The molecule has 0 bridgehead atoms. The fraction of sp³-hybridized carbons (Fsp3) is 0.235. The van der Waals surface area contributed by atoms with Gasteiger partial charge in [0.1, 0.15) is 11.5 Å². The molecule has 0 fully saturated rings. The molecule has 0 aliphatic carbocycles. The average Bonchev–Trinajstić information content (AvgIpc) is 2.52. The van der Waals surface area contributed by atoms with Gasteiger partial charge in [0.05, 0.1) is 18.9 Å². The minimum atomic E-state index is 0.510. The molecule has 116 valence electrons. The molecular formula is C17H20N2O2S. The van der Waals surface area contributed by atoms with E-state index in [0.717, 1.165) is 22.9 Å². The van der Waals surface area contributed by atoms with Crippen molar-refractivity contribution >= 4 is 28.7 Å². The van der Waals surface area contributed by atoms with Crippen LogP contribution < -0.4 is 20.1 Å². The van der Waals surface area contributed by atoms with Crippen molar-refractivity contribution < 1.29 is 9.47 Å². The molecule has 2 rings (SSSR count). The van der Waals surface area contributed by atoms with Crippen LogP contribution in [0.3, 0.4) is 0 Å². The number of ether oxygens (including phenoxy) is 2. The predicted molar refractivity (Wildman–Crippen MR) is 95.1 cm³/mol. The Morgan fingerprint density at radius 2 is 1.59 bits per heavy atom. The van der Waals surface area contributed by atoms with Crippen LogP contribution in [0.2, 0.25) is 0 Å². The highest BCUT2D eigenvalue weighted by molar-refractivity contribution is 7.80. The third-order valence-electron chi connectivity index (χ3n) is 2.86. The van der Waals surface area contributed by atoms with Crippen LogP contribution in [-0.2, 0) is 0 Å². The summed E-state index contributed by atoms with van der Waals surface area (Å²) in [7, 11) is 0. The van der Waals surface area contributed by atoms with Gasteiger partial charge in [-0.1, -0.05) is 12.1 Å². The van der Waals surface area contributed by atoms with Crippen LogP contribution in [-0.4, -0.2) is 18.3 Å². The Kier molecular flexibility index (Phi) is 6.03. The fourth-order valence-corrected chi connectivity index (χ4v) is 2.16. The van der Waals surface area contributed by atoms with Crippen LogP contribution in [0.25, 0.3) is 0 Å². The van der Waals surface area contributed by atoms with Gasteiger partial charge in [-0.05, 0) is 62.5 Å². The van der Waals surface area contributed by atoms with Crippen LogP contribution in [0.4, 0.5) is 11.4 Å². The molecule has 0 heterocycles. The van der Waals surface area contributed by atoms with Crippen molar-refractivity contribution in [3.63, 3.8) is 0 Å². The first-order chi connectivity index (χ1) is 10.7. The first-order valence-electron chi connectivity index (χ1n) is 7.25. The molecule has 0 unspecified atom stereocenters. The minimum Gasteiger partial charge on any atom is -0.494 e. The van der Waals surface area contributed by atoms with E-state index in [1.54, 1.807) is 0 Å². The van der Waals surface area contributed by atoms with Crippen molar-refractivity contribution in [1.82, 2.24) is 0 Å². The number of benzene rings is 2. The number of hydrogen-bond donors (Lipinski definition) is 2. The van der Waals surface area contributed by atoms with Gasteiger partial charge in [-0.15, -0.1) is 0 Å². The van der Waals surface area contributed by atoms with Crippen LogP contribution in [0, 0.1) is 0 Å². The maximum Gasteiger partial charge on any atom is 0.175 e. The van der Waals surface area contributed by atoms with Crippen molar-refractivity contribution in [2.75, 3.05) is 23.8 Å². The summed E-state index contributed by atoms with van der Waals surface area (Å²) in [4.78, 5) is 0. The second-order valence-electron chi connectivity index (χ2n) is 4.47. The van der Waals surface area contributed by atoms with Crippen molar-refractivity contribution in [2.45, 2.75) is 13.8 Å². The molecule has 5 heteroatoms. The Bertz CT molecular complexity index is 614. The van der Waals surface area contributed by atoms with E-state index in [0.29, 0.717) is 18.3 Å². The van der Waals surface area contributed by atoms with E-state index >= 15 is 0 Å². The molecule has 0 atom stereocenters. The maximum atomic E-state index is 5.56. The largest absolute Gasteiger partial charge is 0.494 e. The molecule has 2 aromatic carbocycles. The quantitative estimate of drug-likeness (QED) is 0.778. The van der Waals surface area contributed by atoms with E-state index in [9.17, 15) is 0 Å². The lowest BCUT2D eigenvalue weighted by Crippen LogP contribution is -2.19. The number of nitrogens with one attached hydrogen (secondary N) is 2. The molecule has 0 amide bonds. The Morgan fingerprint density at radius 3 is 2.27 bits per heavy atom. The zero-order chi connectivity index (χ0) is 15.8. The number of para-hydroxylation sites is 2. The number of anilines is 2. The number of thiocarbonyl (C=S) groups is 1. The van der Waals surface area contributed by atoms with Gasteiger partial charge in [-0.3, -0.25) is 0 Å². The van der Waals surface area contributed by atoms with Crippen molar-refractivity contribution in [2.24, 2.45) is 0 Å². The SMILES string of the molecule is CCOc1ccc(NC(=S)Nc2ccccc2OCC)cc1. The average molecular weight is 316 g/mol. The van der Waals surface area contributed by atoms with Crippen LogP contribution in [0.5, 0.6) is 11.5 Å². The monoisotopic (exact) mass is 316 g/mol. The molecular weight excluding hydrogens is 296 g/mol. The molecule has 0 spiro atoms. The van der Waals surface area contributed by atoms with Crippen LogP contribution in [0.1, 0.15) is 13.8 Å². The van der Waals surface area contributed by atoms with Crippen LogP contribution in [0.15, 0.2) is 48.5 Å². The lowest BCUT2D eigenvalue weighted by atomic mass is 10.3. The third kappa shape index (κ3) is 4.63. The Hall–Kier alpha value is -2.27. The summed E-state index contributed by atoms with van der Waals surface area (Å²) in [5, 5.41) is 6.80. The Balaban J connectivity index is 1.98. The first kappa shape index (κ1) is 16.1. The van der Waals surface area contributed by atoms with E-state index in [4.69, 9.17) is 21.7 Å². The topological polar surface area (TPSA) is 42.5 Å². The van der Waals surface area contributed by atoms with Crippen molar-refractivity contribution in [3.8, 4) is 11.5 Å². The standard InChI is InChI=1S/C17H20N2O2S/c1-3-20-14-11-9-13(10-12-14)18-17(22)19-15-7-5-6-8-16(15)21-4-2/h5-12H,3-4H2,1-2H3,(H2,18,19,22). The number of hydrogen-bond acceptors (Lipinski definition) is 3. The Labute approximate surface area is 136 Å². The fourth-order valence-electron chi connectivity index (χ4n) is 1.94. The molecule has 0 aliphatic heterocycles. The Morgan fingerprint density at radius 1 is 0.909 bits per heavy atom. The molecule has 0 radical (unpaired) electrons. The summed E-state index contributed by atoms with van der Waals surface area (Å²) >= 11 is 5.34. The molecule has 2 aromatic rings. The van der Waals surface area contributed by atoms with Gasteiger partial charge in [0.15, 0.2) is 5.11 Å². The van der Waals surface area contributed by atoms with Gasteiger partial charge in [0.25, 0.3) is 0 Å². The predicted octanol–water partition coefficient (Wildman–Crippen LogP) is 4.29. The molecule has 22 heavy (non-hydrogen) atoms. The molecule has 0 saturated carbocycles.